The quantitative estimate of drug-likeness (QED) is 0.755. The first-order valence-corrected chi connectivity index (χ1v) is 7.87. The minimum Gasteiger partial charge on any atom is -0.319 e. The van der Waals surface area contributed by atoms with Crippen molar-refractivity contribution in [1.29, 1.82) is 0 Å². The van der Waals surface area contributed by atoms with E-state index in [1.54, 1.807) is 21.8 Å². The van der Waals surface area contributed by atoms with Crippen molar-refractivity contribution in [3.05, 3.63) is 65.7 Å². The van der Waals surface area contributed by atoms with Gasteiger partial charge < -0.3 is 5.32 Å². The minimum atomic E-state index is -4.50. The van der Waals surface area contributed by atoms with Crippen LogP contribution in [0.4, 0.5) is 18.9 Å². The van der Waals surface area contributed by atoms with Gasteiger partial charge in [0.1, 0.15) is 0 Å². The van der Waals surface area contributed by atoms with Gasteiger partial charge in [0.05, 0.1) is 30.2 Å². The van der Waals surface area contributed by atoms with E-state index in [-0.39, 0.29) is 5.56 Å². The largest absolute Gasteiger partial charge is 0.416 e. The molecule has 1 aromatic carbocycles. The zero-order valence-electron chi connectivity index (χ0n) is 13.9. The molecule has 0 radical (unpaired) electrons. The molecule has 136 valence electrons. The Morgan fingerprint density at radius 3 is 2.62 bits per heavy atom. The molecule has 0 aliphatic heterocycles. The Balaban J connectivity index is 1.68. The maximum absolute atomic E-state index is 12.7. The Kier molecular flexibility index (Phi) is 4.79. The van der Waals surface area contributed by atoms with Gasteiger partial charge in [-0.15, -0.1) is 0 Å². The summed E-state index contributed by atoms with van der Waals surface area (Å²) in [5.74, 6) is -0.630. The predicted octanol–water partition coefficient (Wildman–Crippen LogP) is 3.42. The monoisotopic (exact) mass is 363 g/mol. The third-order valence-corrected chi connectivity index (χ3v) is 3.70. The summed E-state index contributed by atoms with van der Waals surface area (Å²) in [6.07, 6.45) is 2.17. The number of benzene rings is 1. The molecule has 0 aliphatic carbocycles. The third-order valence-electron chi connectivity index (χ3n) is 3.70. The molecule has 3 rings (SSSR count). The summed E-state index contributed by atoms with van der Waals surface area (Å²) in [6.45, 7) is 3.21. The first-order valence-electron chi connectivity index (χ1n) is 7.87. The molecule has 0 bridgehead atoms. The third kappa shape index (κ3) is 4.11. The number of hydrogen-bond donors (Lipinski definition) is 1. The topological polar surface area (TPSA) is 64.7 Å². The van der Waals surface area contributed by atoms with Gasteiger partial charge in [-0.1, -0.05) is 6.07 Å². The summed E-state index contributed by atoms with van der Waals surface area (Å²) in [5, 5.41) is 10.9. The van der Waals surface area contributed by atoms with E-state index in [9.17, 15) is 18.0 Å². The van der Waals surface area contributed by atoms with Crippen molar-refractivity contribution in [3.8, 4) is 0 Å². The lowest BCUT2D eigenvalue weighted by atomic mass is 10.1. The minimum absolute atomic E-state index is 0.0724. The van der Waals surface area contributed by atoms with Gasteiger partial charge in [-0.3, -0.25) is 14.2 Å². The van der Waals surface area contributed by atoms with E-state index in [2.05, 4.69) is 15.5 Å². The van der Waals surface area contributed by atoms with Crippen LogP contribution in [0.2, 0.25) is 0 Å². The van der Waals surface area contributed by atoms with Crippen LogP contribution in [-0.4, -0.2) is 25.5 Å². The van der Waals surface area contributed by atoms with E-state index < -0.39 is 17.6 Å². The highest BCUT2D eigenvalue weighted by molar-refractivity contribution is 6.04. The maximum atomic E-state index is 12.7. The Morgan fingerprint density at radius 2 is 1.92 bits per heavy atom. The van der Waals surface area contributed by atoms with E-state index in [0.717, 1.165) is 24.2 Å². The van der Waals surface area contributed by atoms with Crippen LogP contribution >= 0.6 is 0 Å². The second kappa shape index (κ2) is 7.03. The number of nitrogens with one attached hydrogen (secondary N) is 1. The summed E-state index contributed by atoms with van der Waals surface area (Å²) >= 11 is 0. The SMILES string of the molecule is CCn1cc(Cn2cc(NC(=O)c3cccc(C(F)(F)F)c3)cn2)cn1. The zero-order valence-corrected chi connectivity index (χ0v) is 13.9. The molecule has 2 heterocycles. The highest BCUT2D eigenvalue weighted by Gasteiger charge is 2.30. The highest BCUT2D eigenvalue weighted by Crippen LogP contribution is 2.29. The van der Waals surface area contributed by atoms with Gasteiger partial charge >= 0.3 is 6.18 Å². The van der Waals surface area contributed by atoms with Crippen molar-refractivity contribution in [2.75, 3.05) is 5.32 Å². The molecule has 1 N–H and O–H groups in total. The molecule has 0 atom stereocenters. The fraction of sp³-hybridized carbons (Fsp3) is 0.235. The number of hydrogen-bond acceptors (Lipinski definition) is 3. The van der Waals surface area contributed by atoms with Crippen LogP contribution in [0.25, 0.3) is 0 Å². The lowest BCUT2D eigenvalue weighted by molar-refractivity contribution is -0.137. The van der Waals surface area contributed by atoms with Crippen molar-refractivity contribution < 1.29 is 18.0 Å². The summed E-state index contributed by atoms with van der Waals surface area (Å²) in [4.78, 5) is 12.2. The number of amides is 1. The second-order valence-corrected chi connectivity index (χ2v) is 5.66. The summed E-state index contributed by atoms with van der Waals surface area (Å²) in [7, 11) is 0. The standard InChI is InChI=1S/C17H16F3N5O/c1-2-24-9-12(7-21-24)10-25-11-15(8-22-25)23-16(26)13-4-3-5-14(6-13)17(18,19)20/h3-9,11H,2,10H2,1H3,(H,23,26). The molecule has 6 nitrogen and oxygen atoms in total. The van der Waals surface area contributed by atoms with Gasteiger partial charge in [-0.25, -0.2) is 0 Å². The van der Waals surface area contributed by atoms with Crippen LogP contribution < -0.4 is 5.32 Å². The number of rotatable bonds is 5. The fourth-order valence-corrected chi connectivity index (χ4v) is 2.40. The Hall–Kier alpha value is -3.10. The fourth-order valence-electron chi connectivity index (χ4n) is 2.40. The molecule has 3 aromatic rings. The molecule has 0 saturated heterocycles. The van der Waals surface area contributed by atoms with Crippen molar-refractivity contribution >= 4 is 11.6 Å². The van der Waals surface area contributed by atoms with Gasteiger partial charge in [0, 0.05) is 30.1 Å². The molecular weight excluding hydrogens is 347 g/mol. The van der Waals surface area contributed by atoms with Crippen LogP contribution in [0.5, 0.6) is 0 Å². The molecule has 2 aromatic heterocycles. The second-order valence-electron chi connectivity index (χ2n) is 5.66. The van der Waals surface area contributed by atoms with Gasteiger partial charge in [0.25, 0.3) is 5.91 Å². The highest BCUT2D eigenvalue weighted by atomic mass is 19.4. The number of halogens is 3. The van der Waals surface area contributed by atoms with E-state index >= 15 is 0 Å². The molecule has 0 saturated carbocycles. The van der Waals surface area contributed by atoms with Crippen LogP contribution in [0, 0.1) is 0 Å². The smallest absolute Gasteiger partial charge is 0.319 e. The normalized spacial score (nSPS) is 11.5. The van der Waals surface area contributed by atoms with Gasteiger partial charge in [-0.05, 0) is 25.1 Å². The Morgan fingerprint density at radius 1 is 1.15 bits per heavy atom. The van der Waals surface area contributed by atoms with Gasteiger partial charge in [0.15, 0.2) is 0 Å². The number of anilines is 1. The van der Waals surface area contributed by atoms with E-state index in [0.29, 0.717) is 12.2 Å². The molecule has 0 spiro atoms. The van der Waals surface area contributed by atoms with Crippen molar-refractivity contribution in [1.82, 2.24) is 19.6 Å². The van der Waals surface area contributed by atoms with Crippen molar-refractivity contribution in [2.45, 2.75) is 26.2 Å². The lowest BCUT2D eigenvalue weighted by Gasteiger charge is -2.08. The Labute approximate surface area is 147 Å². The van der Waals surface area contributed by atoms with E-state index in [1.807, 2.05) is 13.1 Å². The van der Waals surface area contributed by atoms with Crippen LogP contribution in [0.15, 0.2) is 49.1 Å². The number of carbonyl (C=O) groups excluding carboxylic acids is 1. The number of carbonyl (C=O) groups is 1. The number of aromatic nitrogens is 4. The molecule has 1 amide bonds. The lowest BCUT2D eigenvalue weighted by Crippen LogP contribution is -2.13. The Bertz CT molecular complexity index is 913. The maximum Gasteiger partial charge on any atom is 0.416 e. The van der Waals surface area contributed by atoms with Crippen LogP contribution in [-0.2, 0) is 19.3 Å². The first kappa shape index (κ1) is 17.7. The average molecular weight is 363 g/mol. The number of aryl methyl sites for hydroxylation is 1. The van der Waals surface area contributed by atoms with Crippen molar-refractivity contribution in [2.24, 2.45) is 0 Å². The predicted molar refractivity (Wildman–Crippen MR) is 88.6 cm³/mol. The molecule has 0 aliphatic rings. The van der Waals surface area contributed by atoms with Crippen molar-refractivity contribution in [3.63, 3.8) is 0 Å². The number of nitrogens with zero attached hydrogens (tertiary/aromatic N) is 4. The molecule has 26 heavy (non-hydrogen) atoms. The van der Waals surface area contributed by atoms with Crippen LogP contribution in [0.1, 0.15) is 28.4 Å². The van der Waals surface area contributed by atoms with Gasteiger partial charge in [-0.2, -0.15) is 23.4 Å². The first-order chi connectivity index (χ1) is 12.3. The molecule has 0 unspecified atom stereocenters. The molecule has 9 heteroatoms. The van der Waals surface area contributed by atoms with E-state index in [4.69, 9.17) is 0 Å². The summed E-state index contributed by atoms with van der Waals surface area (Å²) in [5.41, 5.74) is 0.409. The average Bonchev–Trinajstić information content (AvgIpc) is 3.24. The van der Waals surface area contributed by atoms with Gasteiger partial charge in [0.2, 0.25) is 0 Å². The van der Waals surface area contributed by atoms with Crippen LogP contribution in [0.3, 0.4) is 0 Å². The summed E-state index contributed by atoms with van der Waals surface area (Å²) < 4.78 is 41.6. The zero-order chi connectivity index (χ0) is 18.7. The molecule has 0 fully saturated rings. The van der Waals surface area contributed by atoms with E-state index in [1.165, 1.54) is 18.3 Å². The summed E-state index contributed by atoms with van der Waals surface area (Å²) in [6, 6.07) is 4.27. The molecular formula is C17H16F3N5O. The number of alkyl halides is 3.